The Balaban J connectivity index is 1.52. The summed E-state index contributed by atoms with van der Waals surface area (Å²) in [5.41, 5.74) is 1.18. The van der Waals surface area contributed by atoms with Gasteiger partial charge in [0.25, 0.3) is 0 Å². The number of piperazine rings is 1. The van der Waals surface area contributed by atoms with Gasteiger partial charge in [0, 0.05) is 43.7 Å². The molecule has 1 aliphatic heterocycles. The SMILES string of the molecule is C[C@H](O)CN1CCN(C(=O)[C@H]2C[C@H]2c2cccc(Cl)c2)CC1. The van der Waals surface area contributed by atoms with Crippen molar-refractivity contribution in [2.24, 2.45) is 5.92 Å². The van der Waals surface area contributed by atoms with Crippen LogP contribution in [-0.4, -0.2) is 59.6 Å². The molecule has 120 valence electrons. The number of aliphatic hydroxyl groups excluding tert-OH is 1. The molecular formula is C17H23ClN2O2. The molecule has 0 aromatic heterocycles. The number of amides is 1. The van der Waals surface area contributed by atoms with Crippen molar-refractivity contribution in [3.05, 3.63) is 34.9 Å². The van der Waals surface area contributed by atoms with E-state index in [-0.39, 0.29) is 17.9 Å². The maximum absolute atomic E-state index is 12.6. The van der Waals surface area contributed by atoms with E-state index in [0.717, 1.165) is 37.6 Å². The lowest BCUT2D eigenvalue weighted by atomic mass is 10.1. The Morgan fingerprint density at radius 2 is 2.09 bits per heavy atom. The number of halogens is 1. The van der Waals surface area contributed by atoms with Crippen molar-refractivity contribution >= 4 is 17.5 Å². The first-order valence-electron chi connectivity index (χ1n) is 7.99. The number of β-amino-alcohol motifs (C(OH)–C–C–N with tert-alkyl or cyclic N) is 1. The van der Waals surface area contributed by atoms with Crippen LogP contribution in [0.5, 0.6) is 0 Å². The van der Waals surface area contributed by atoms with E-state index >= 15 is 0 Å². The molecule has 2 aliphatic rings. The largest absolute Gasteiger partial charge is 0.392 e. The topological polar surface area (TPSA) is 43.8 Å². The number of carbonyl (C=O) groups is 1. The van der Waals surface area contributed by atoms with Gasteiger partial charge in [-0.25, -0.2) is 0 Å². The highest BCUT2D eigenvalue weighted by molar-refractivity contribution is 6.30. The number of hydrogen-bond donors (Lipinski definition) is 1. The van der Waals surface area contributed by atoms with Gasteiger partial charge in [-0.15, -0.1) is 0 Å². The number of aliphatic hydroxyl groups is 1. The van der Waals surface area contributed by atoms with E-state index in [0.29, 0.717) is 12.5 Å². The van der Waals surface area contributed by atoms with E-state index in [4.69, 9.17) is 11.6 Å². The lowest BCUT2D eigenvalue weighted by molar-refractivity contribution is -0.134. The Morgan fingerprint density at radius 3 is 2.73 bits per heavy atom. The summed E-state index contributed by atoms with van der Waals surface area (Å²) in [5, 5.41) is 10.2. The summed E-state index contributed by atoms with van der Waals surface area (Å²) in [5.74, 6) is 0.741. The van der Waals surface area contributed by atoms with E-state index in [1.807, 2.05) is 23.1 Å². The molecule has 1 heterocycles. The van der Waals surface area contributed by atoms with Gasteiger partial charge in [-0.05, 0) is 37.0 Å². The predicted octanol–water partition coefficient (Wildman–Crippen LogP) is 1.97. The Hall–Kier alpha value is -1.10. The zero-order valence-corrected chi connectivity index (χ0v) is 13.7. The van der Waals surface area contributed by atoms with Crippen LogP contribution in [0, 0.1) is 5.92 Å². The van der Waals surface area contributed by atoms with Gasteiger partial charge in [0.2, 0.25) is 5.91 Å². The van der Waals surface area contributed by atoms with Crippen LogP contribution in [0.1, 0.15) is 24.8 Å². The Morgan fingerprint density at radius 1 is 1.36 bits per heavy atom. The first-order chi connectivity index (χ1) is 10.5. The number of hydrogen-bond acceptors (Lipinski definition) is 3. The number of benzene rings is 1. The number of rotatable bonds is 4. The molecule has 4 nitrogen and oxygen atoms in total. The maximum atomic E-state index is 12.6. The Labute approximate surface area is 136 Å². The third-order valence-corrected chi connectivity index (χ3v) is 4.83. The normalized spacial score (nSPS) is 26.8. The quantitative estimate of drug-likeness (QED) is 0.921. The van der Waals surface area contributed by atoms with Crippen LogP contribution < -0.4 is 0 Å². The summed E-state index contributed by atoms with van der Waals surface area (Å²) < 4.78 is 0. The molecule has 1 N–H and O–H groups in total. The summed E-state index contributed by atoms with van der Waals surface area (Å²) in [7, 11) is 0. The molecule has 3 atom stereocenters. The van der Waals surface area contributed by atoms with Crippen molar-refractivity contribution in [3.63, 3.8) is 0 Å². The smallest absolute Gasteiger partial charge is 0.226 e. The average molecular weight is 323 g/mol. The van der Waals surface area contributed by atoms with Crippen molar-refractivity contribution in [1.29, 1.82) is 0 Å². The molecule has 0 bridgehead atoms. The molecule has 1 aromatic rings. The minimum atomic E-state index is -0.308. The molecular weight excluding hydrogens is 300 g/mol. The fourth-order valence-corrected chi connectivity index (χ4v) is 3.53. The second-order valence-corrected chi connectivity index (χ2v) is 6.92. The van der Waals surface area contributed by atoms with Gasteiger partial charge >= 0.3 is 0 Å². The van der Waals surface area contributed by atoms with E-state index in [2.05, 4.69) is 11.0 Å². The molecule has 1 amide bonds. The van der Waals surface area contributed by atoms with Gasteiger partial charge in [0.15, 0.2) is 0 Å². The molecule has 0 radical (unpaired) electrons. The molecule has 1 aromatic carbocycles. The molecule has 5 heteroatoms. The molecule has 2 fully saturated rings. The minimum absolute atomic E-state index is 0.127. The Kier molecular flexibility index (Phi) is 4.71. The number of nitrogens with zero attached hydrogens (tertiary/aromatic N) is 2. The lowest BCUT2D eigenvalue weighted by Gasteiger charge is -2.35. The van der Waals surface area contributed by atoms with Crippen molar-refractivity contribution in [2.75, 3.05) is 32.7 Å². The fourth-order valence-electron chi connectivity index (χ4n) is 3.33. The highest BCUT2D eigenvalue weighted by Gasteiger charge is 2.46. The van der Waals surface area contributed by atoms with E-state index in [9.17, 15) is 9.90 Å². The average Bonchev–Trinajstić information content (AvgIpc) is 3.27. The zero-order valence-electron chi connectivity index (χ0n) is 12.9. The summed E-state index contributed by atoms with van der Waals surface area (Å²) >= 11 is 6.03. The van der Waals surface area contributed by atoms with Crippen molar-refractivity contribution in [2.45, 2.75) is 25.4 Å². The van der Waals surface area contributed by atoms with E-state index in [1.54, 1.807) is 6.92 Å². The Bertz CT molecular complexity index is 541. The molecule has 1 saturated heterocycles. The maximum Gasteiger partial charge on any atom is 0.226 e. The first kappa shape index (κ1) is 15.8. The molecule has 1 saturated carbocycles. The third-order valence-electron chi connectivity index (χ3n) is 4.59. The minimum Gasteiger partial charge on any atom is -0.392 e. The summed E-state index contributed by atoms with van der Waals surface area (Å²) in [6.07, 6.45) is 0.630. The van der Waals surface area contributed by atoms with Crippen LogP contribution in [0.4, 0.5) is 0 Å². The van der Waals surface area contributed by atoms with Gasteiger partial charge in [-0.1, -0.05) is 23.7 Å². The standard InChI is InChI=1S/C17H23ClN2O2/c1-12(21)11-19-5-7-20(8-6-19)17(22)16-10-15(16)13-3-2-4-14(18)9-13/h2-4,9,12,15-16,21H,5-8,10-11H2,1H3/t12-,15-,16-/m0/s1. The summed E-state index contributed by atoms with van der Waals surface area (Å²) in [4.78, 5) is 16.8. The zero-order chi connectivity index (χ0) is 15.7. The van der Waals surface area contributed by atoms with Crippen LogP contribution in [0.15, 0.2) is 24.3 Å². The lowest BCUT2D eigenvalue weighted by Crippen LogP contribution is -2.50. The van der Waals surface area contributed by atoms with Crippen LogP contribution in [-0.2, 0) is 4.79 Å². The van der Waals surface area contributed by atoms with Gasteiger partial charge in [-0.2, -0.15) is 0 Å². The summed E-state index contributed by atoms with van der Waals surface area (Å²) in [6.45, 7) is 5.74. The predicted molar refractivity (Wildman–Crippen MR) is 87.0 cm³/mol. The molecule has 3 rings (SSSR count). The van der Waals surface area contributed by atoms with Gasteiger partial charge < -0.3 is 10.0 Å². The molecule has 22 heavy (non-hydrogen) atoms. The monoisotopic (exact) mass is 322 g/mol. The van der Waals surface area contributed by atoms with Crippen LogP contribution in [0.3, 0.4) is 0 Å². The van der Waals surface area contributed by atoms with Crippen LogP contribution >= 0.6 is 11.6 Å². The highest BCUT2D eigenvalue weighted by Crippen LogP contribution is 2.48. The molecule has 1 aliphatic carbocycles. The second kappa shape index (κ2) is 6.57. The van der Waals surface area contributed by atoms with Crippen molar-refractivity contribution in [1.82, 2.24) is 9.80 Å². The van der Waals surface area contributed by atoms with Crippen molar-refractivity contribution < 1.29 is 9.90 Å². The van der Waals surface area contributed by atoms with E-state index < -0.39 is 0 Å². The molecule has 0 unspecified atom stereocenters. The van der Waals surface area contributed by atoms with Gasteiger partial charge in [0.05, 0.1) is 6.10 Å². The van der Waals surface area contributed by atoms with E-state index in [1.165, 1.54) is 5.56 Å². The van der Waals surface area contributed by atoms with Crippen LogP contribution in [0.2, 0.25) is 5.02 Å². The number of carbonyl (C=O) groups excluding carboxylic acids is 1. The van der Waals surface area contributed by atoms with Crippen molar-refractivity contribution in [3.8, 4) is 0 Å². The molecule has 0 spiro atoms. The second-order valence-electron chi connectivity index (χ2n) is 6.48. The van der Waals surface area contributed by atoms with Gasteiger partial charge in [0.1, 0.15) is 0 Å². The fraction of sp³-hybridized carbons (Fsp3) is 0.588. The third kappa shape index (κ3) is 3.62. The van der Waals surface area contributed by atoms with Crippen LogP contribution in [0.25, 0.3) is 0 Å². The first-order valence-corrected chi connectivity index (χ1v) is 8.37. The summed E-state index contributed by atoms with van der Waals surface area (Å²) in [6, 6.07) is 7.85. The van der Waals surface area contributed by atoms with Gasteiger partial charge in [-0.3, -0.25) is 9.69 Å². The highest BCUT2D eigenvalue weighted by atomic mass is 35.5.